The first-order valence-electron chi connectivity index (χ1n) is 9.15. The summed E-state index contributed by atoms with van der Waals surface area (Å²) in [6.45, 7) is 3.78. The Hall–Kier alpha value is -3.31. The first-order valence-corrected chi connectivity index (χ1v) is 9.53. The van der Waals surface area contributed by atoms with Crippen LogP contribution in [0.5, 0.6) is 5.75 Å². The Balaban J connectivity index is 1.53. The molecule has 4 rings (SSSR count). The quantitative estimate of drug-likeness (QED) is 0.456. The van der Waals surface area contributed by atoms with E-state index in [0.29, 0.717) is 33.4 Å². The van der Waals surface area contributed by atoms with Crippen LogP contribution in [-0.4, -0.2) is 17.5 Å². The van der Waals surface area contributed by atoms with Crippen molar-refractivity contribution in [2.24, 2.45) is 0 Å². The molecule has 0 atom stereocenters. The third-order valence-electron chi connectivity index (χ3n) is 4.64. The molecule has 0 saturated heterocycles. The Morgan fingerprint density at radius 3 is 2.76 bits per heavy atom. The second-order valence-electron chi connectivity index (χ2n) is 6.71. The highest BCUT2D eigenvalue weighted by Gasteiger charge is 2.14. The zero-order chi connectivity index (χ0) is 20.4. The van der Waals surface area contributed by atoms with Crippen LogP contribution in [0.1, 0.15) is 11.1 Å². The number of halogens is 1. The average molecular weight is 407 g/mol. The van der Waals surface area contributed by atoms with E-state index in [-0.39, 0.29) is 12.5 Å². The summed E-state index contributed by atoms with van der Waals surface area (Å²) < 4.78 is 11.5. The van der Waals surface area contributed by atoms with Crippen LogP contribution in [0.4, 0.5) is 5.69 Å². The van der Waals surface area contributed by atoms with Gasteiger partial charge in [0, 0.05) is 16.3 Å². The van der Waals surface area contributed by atoms with Crippen molar-refractivity contribution in [1.29, 1.82) is 0 Å². The van der Waals surface area contributed by atoms with Crippen LogP contribution in [0.15, 0.2) is 65.1 Å². The molecule has 0 aliphatic rings. The minimum Gasteiger partial charge on any atom is -0.483 e. The van der Waals surface area contributed by atoms with E-state index >= 15 is 0 Å². The monoisotopic (exact) mass is 406 g/mol. The average Bonchev–Trinajstić information content (AvgIpc) is 3.12. The number of carbonyl (C=O) groups is 1. The van der Waals surface area contributed by atoms with Crippen molar-refractivity contribution in [3.8, 4) is 17.2 Å². The van der Waals surface area contributed by atoms with Gasteiger partial charge in [-0.25, -0.2) is 4.98 Å². The summed E-state index contributed by atoms with van der Waals surface area (Å²) in [6, 6.07) is 18.5. The molecule has 5 nitrogen and oxygen atoms in total. The molecule has 0 unspecified atom stereocenters. The van der Waals surface area contributed by atoms with Crippen molar-refractivity contribution in [2.45, 2.75) is 13.8 Å². The molecule has 4 aromatic rings. The lowest BCUT2D eigenvalue weighted by molar-refractivity contribution is -0.118. The maximum atomic E-state index is 12.4. The van der Waals surface area contributed by atoms with Crippen LogP contribution in [0.3, 0.4) is 0 Å². The Bertz CT molecular complexity index is 1200. The van der Waals surface area contributed by atoms with Gasteiger partial charge in [-0.15, -0.1) is 0 Å². The lowest BCUT2D eigenvalue weighted by atomic mass is 10.1. The van der Waals surface area contributed by atoms with E-state index < -0.39 is 0 Å². The number of anilines is 1. The smallest absolute Gasteiger partial charge is 0.262 e. The molecule has 6 heteroatoms. The van der Waals surface area contributed by atoms with Crippen LogP contribution in [0.2, 0.25) is 5.02 Å². The molecule has 0 radical (unpaired) electrons. The minimum atomic E-state index is -0.238. The Morgan fingerprint density at radius 1 is 1.10 bits per heavy atom. The fraction of sp³-hybridized carbons (Fsp3) is 0.130. The second kappa shape index (κ2) is 7.97. The first kappa shape index (κ1) is 19.0. The van der Waals surface area contributed by atoms with E-state index in [0.717, 1.165) is 16.7 Å². The molecule has 0 fully saturated rings. The highest BCUT2D eigenvalue weighted by molar-refractivity contribution is 6.31. The predicted octanol–water partition coefficient (Wildman–Crippen LogP) is 5.78. The highest BCUT2D eigenvalue weighted by Crippen LogP contribution is 2.31. The molecule has 0 saturated carbocycles. The lowest BCUT2D eigenvalue weighted by Gasteiger charge is -2.12. The van der Waals surface area contributed by atoms with Gasteiger partial charge in [-0.1, -0.05) is 35.9 Å². The maximum Gasteiger partial charge on any atom is 0.262 e. The highest BCUT2D eigenvalue weighted by atomic mass is 35.5. The number of amides is 1. The van der Waals surface area contributed by atoms with Gasteiger partial charge in [-0.3, -0.25) is 4.79 Å². The number of rotatable bonds is 5. The number of hydrogen-bond donors (Lipinski definition) is 1. The normalized spacial score (nSPS) is 10.9. The zero-order valence-corrected chi connectivity index (χ0v) is 16.8. The van der Waals surface area contributed by atoms with Gasteiger partial charge < -0.3 is 14.5 Å². The van der Waals surface area contributed by atoms with Crippen molar-refractivity contribution < 1.29 is 13.9 Å². The summed E-state index contributed by atoms with van der Waals surface area (Å²) in [7, 11) is 0. The van der Waals surface area contributed by atoms with Gasteiger partial charge in [0.05, 0.1) is 0 Å². The second-order valence-corrected chi connectivity index (χ2v) is 7.15. The summed E-state index contributed by atoms with van der Waals surface area (Å²) in [5, 5.41) is 3.50. The van der Waals surface area contributed by atoms with Crippen LogP contribution in [0.25, 0.3) is 22.6 Å². The summed E-state index contributed by atoms with van der Waals surface area (Å²) in [5.41, 5.74) is 4.66. The van der Waals surface area contributed by atoms with Crippen molar-refractivity contribution in [2.75, 3.05) is 11.9 Å². The molecule has 1 amide bonds. The number of hydrogen-bond acceptors (Lipinski definition) is 4. The fourth-order valence-corrected chi connectivity index (χ4v) is 3.23. The first-order chi connectivity index (χ1) is 14.0. The zero-order valence-electron chi connectivity index (χ0n) is 16.0. The SMILES string of the molecule is Cc1ccccc1OCC(=O)Nc1cccc(-c2nc3cc(Cl)ccc3o2)c1C. The molecule has 1 aromatic heterocycles. The topological polar surface area (TPSA) is 64.4 Å². The van der Waals surface area contributed by atoms with Gasteiger partial charge in [0.2, 0.25) is 5.89 Å². The summed E-state index contributed by atoms with van der Waals surface area (Å²) in [5.74, 6) is 0.933. The number of para-hydroxylation sites is 1. The molecule has 1 heterocycles. The number of nitrogens with one attached hydrogen (secondary N) is 1. The molecular formula is C23H19ClN2O3. The number of carbonyl (C=O) groups excluding carboxylic acids is 1. The maximum absolute atomic E-state index is 12.4. The van der Waals surface area contributed by atoms with Gasteiger partial charge in [0.1, 0.15) is 11.3 Å². The molecule has 1 N–H and O–H groups in total. The van der Waals surface area contributed by atoms with Crippen molar-refractivity contribution in [1.82, 2.24) is 4.98 Å². The summed E-state index contributed by atoms with van der Waals surface area (Å²) >= 11 is 6.03. The number of aryl methyl sites for hydroxylation is 1. The van der Waals surface area contributed by atoms with E-state index in [1.54, 1.807) is 18.2 Å². The molecule has 0 bridgehead atoms. The molecule has 0 spiro atoms. The number of fused-ring (bicyclic) bond motifs is 1. The minimum absolute atomic E-state index is 0.0735. The van der Waals surface area contributed by atoms with E-state index in [4.69, 9.17) is 20.8 Å². The van der Waals surface area contributed by atoms with E-state index in [9.17, 15) is 4.79 Å². The number of oxazole rings is 1. The standard InChI is InChI=1S/C23H19ClN2O3/c1-14-6-3-4-9-20(14)28-13-22(27)25-18-8-5-7-17(15(18)2)23-26-19-12-16(24)10-11-21(19)29-23/h3-12H,13H2,1-2H3,(H,25,27). The third kappa shape index (κ3) is 4.10. The van der Waals surface area contributed by atoms with E-state index in [1.165, 1.54) is 0 Å². The Kier molecular flexibility index (Phi) is 5.23. The van der Waals surface area contributed by atoms with E-state index in [1.807, 2.05) is 56.3 Å². The van der Waals surface area contributed by atoms with Gasteiger partial charge >= 0.3 is 0 Å². The van der Waals surface area contributed by atoms with Crippen LogP contribution in [-0.2, 0) is 4.79 Å². The number of benzene rings is 3. The third-order valence-corrected chi connectivity index (χ3v) is 4.88. The molecule has 0 aliphatic heterocycles. The van der Waals surface area contributed by atoms with Crippen molar-refractivity contribution in [3.63, 3.8) is 0 Å². The van der Waals surface area contributed by atoms with Gasteiger partial charge in [0.15, 0.2) is 12.2 Å². The molecule has 0 aliphatic carbocycles. The molecule has 29 heavy (non-hydrogen) atoms. The van der Waals surface area contributed by atoms with Crippen LogP contribution < -0.4 is 10.1 Å². The summed E-state index contributed by atoms with van der Waals surface area (Å²) in [4.78, 5) is 16.9. The summed E-state index contributed by atoms with van der Waals surface area (Å²) in [6.07, 6.45) is 0. The number of aromatic nitrogens is 1. The number of nitrogens with zero attached hydrogens (tertiary/aromatic N) is 1. The van der Waals surface area contributed by atoms with E-state index in [2.05, 4.69) is 10.3 Å². The largest absolute Gasteiger partial charge is 0.483 e. The van der Waals surface area contributed by atoms with Crippen molar-refractivity contribution >= 4 is 34.3 Å². The van der Waals surface area contributed by atoms with Gasteiger partial charge in [0.25, 0.3) is 5.91 Å². The Labute approximate surface area is 173 Å². The molecular weight excluding hydrogens is 388 g/mol. The van der Waals surface area contributed by atoms with Gasteiger partial charge in [-0.2, -0.15) is 0 Å². The molecule has 146 valence electrons. The van der Waals surface area contributed by atoms with Crippen molar-refractivity contribution in [3.05, 3.63) is 76.8 Å². The fourth-order valence-electron chi connectivity index (χ4n) is 3.07. The molecule has 3 aromatic carbocycles. The van der Waals surface area contributed by atoms with Gasteiger partial charge in [-0.05, 0) is 61.4 Å². The lowest BCUT2D eigenvalue weighted by Crippen LogP contribution is -2.21. The Morgan fingerprint density at radius 2 is 1.93 bits per heavy atom. The number of ether oxygens (including phenoxy) is 1. The van der Waals surface area contributed by atoms with Crippen LogP contribution in [0, 0.1) is 13.8 Å². The predicted molar refractivity (Wildman–Crippen MR) is 114 cm³/mol. The van der Waals surface area contributed by atoms with Crippen LogP contribution >= 0.6 is 11.6 Å².